The van der Waals surface area contributed by atoms with Gasteiger partial charge in [0.2, 0.25) is 0 Å². The Morgan fingerprint density at radius 1 is 1.17 bits per heavy atom. The molecule has 1 aromatic heterocycles. The Balaban J connectivity index is 2.09. The normalized spacial score (nSPS) is 14.8. The van der Waals surface area contributed by atoms with E-state index in [1.165, 1.54) is 12.1 Å². The number of halogens is 2. The highest BCUT2D eigenvalue weighted by molar-refractivity contribution is 9.10. The van der Waals surface area contributed by atoms with Crippen LogP contribution in [-0.2, 0) is 0 Å². The molecule has 2 nitrogen and oxygen atoms in total. The maximum atomic E-state index is 13.4. The number of aryl methyl sites for hydroxylation is 1. The smallest absolute Gasteiger partial charge is 0.133 e. The predicted octanol–water partition coefficient (Wildman–Crippen LogP) is 4.23. The van der Waals surface area contributed by atoms with Crippen molar-refractivity contribution in [1.82, 2.24) is 9.97 Å². The Morgan fingerprint density at radius 2 is 1.94 bits per heavy atom. The van der Waals surface area contributed by atoms with Gasteiger partial charge in [0.15, 0.2) is 0 Å². The van der Waals surface area contributed by atoms with Crippen molar-refractivity contribution in [3.8, 4) is 11.3 Å². The zero-order chi connectivity index (χ0) is 12.7. The highest BCUT2D eigenvalue weighted by Gasteiger charge is 2.27. The third-order valence-corrected chi connectivity index (χ3v) is 3.40. The molecule has 2 aromatic rings. The van der Waals surface area contributed by atoms with Gasteiger partial charge in [-0.1, -0.05) is 0 Å². The van der Waals surface area contributed by atoms with Crippen LogP contribution in [0.1, 0.15) is 30.1 Å². The summed E-state index contributed by atoms with van der Waals surface area (Å²) >= 11 is 3.40. The number of nitrogens with zero attached hydrogens (tertiary/aromatic N) is 2. The molecule has 1 saturated carbocycles. The van der Waals surface area contributed by atoms with Gasteiger partial charge in [-0.3, -0.25) is 0 Å². The van der Waals surface area contributed by atoms with Crippen LogP contribution < -0.4 is 0 Å². The van der Waals surface area contributed by atoms with Crippen LogP contribution in [0.15, 0.2) is 28.9 Å². The molecule has 1 aliphatic carbocycles. The largest absolute Gasteiger partial charge is 0.233 e. The van der Waals surface area contributed by atoms with Crippen molar-refractivity contribution in [3.63, 3.8) is 0 Å². The predicted molar refractivity (Wildman–Crippen MR) is 71.8 cm³/mol. The highest BCUT2D eigenvalue weighted by Crippen LogP contribution is 2.39. The van der Waals surface area contributed by atoms with Crippen LogP contribution in [0.4, 0.5) is 4.39 Å². The van der Waals surface area contributed by atoms with Crippen molar-refractivity contribution in [3.05, 3.63) is 46.1 Å². The summed E-state index contributed by atoms with van der Waals surface area (Å²) < 4.78 is 14.2. The van der Waals surface area contributed by atoms with Crippen molar-refractivity contribution >= 4 is 15.9 Å². The van der Waals surface area contributed by atoms with E-state index in [2.05, 4.69) is 25.9 Å². The minimum absolute atomic E-state index is 0.229. The van der Waals surface area contributed by atoms with Crippen molar-refractivity contribution in [2.24, 2.45) is 0 Å². The van der Waals surface area contributed by atoms with Gasteiger partial charge in [0.1, 0.15) is 16.2 Å². The summed E-state index contributed by atoms with van der Waals surface area (Å²) in [5.74, 6) is 1.12. The molecule has 1 aliphatic rings. The maximum Gasteiger partial charge on any atom is 0.133 e. The van der Waals surface area contributed by atoms with Crippen LogP contribution >= 0.6 is 15.9 Å². The Hall–Kier alpha value is -1.29. The van der Waals surface area contributed by atoms with E-state index in [0.717, 1.165) is 40.1 Å². The fraction of sp³-hybridized carbons (Fsp3) is 0.286. The van der Waals surface area contributed by atoms with Crippen LogP contribution in [0.2, 0.25) is 0 Å². The number of hydrogen-bond donors (Lipinski definition) is 0. The van der Waals surface area contributed by atoms with Crippen molar-refractivity contribution in [2.45, 2.75) is 25.7 Å². The van der Waals surface area contributed by atoms with Crippen LogP contribution in [0.3, 0.4) is 0 Å². The van der Waals surface area contributed by atoms with E-state index in [1.807, 2.05) is 19.1 Å². The highest BCUT2D eigenvalue weighted by atomic mass is 79.9. The topological polar surface area (TPSA) is 25.8 Å². The van der Waals surface area contributed by atoms with Gasteiger partial charge in [-0.2, -0.15) is 0 Å². The van der Waals surface area contributed by atoms with Crippen LogP contribution in [0.25, 0.3) is 11.3 Å². The second kappa shape index (κ2) is 4.43. The molecule has 3 rings (SSSR count). The van der Waals surface area contributed by atoms with E-state index in [9.17, 15) is 4.39 Å². The molecule has 4 heteroatoms. The third-order valence-electron chi connectivity index (χ3n) is 2.99. The molecule has 1 aromatic carbocycles. The van der Waals surface area contributed by atoms with Gasteiger partial charge >= 0.3 is 0 Å². The van der Waals surface area contributed by atoms with E-state index in [4.69, 9.17) is 0 Å². The first-order chi connectivity index (χ1) is 8.61. The summed E-state index contributed by atoms with van der Waals surface area (Å²) in [7, 11) is 0. The standard InChI is InChI=1S/C14H12BrFN2/c1-8-4-10(6-11(16)5-8)12-7-13(15)18-14(17-12)9-2-3-9/h4-7,9H,2-3H2,1H3. The number of rotatable bonds is 2. The van der Waals surface area contributed by atoms with Crippen LogP contribution in [-0.4, -0.2) is 9.97 Å². The Morgan fingerprint density at radius 3 is 2.61 bits per heavy atom. The maximum absolute atomic E-state index is 13.4. The summed E-state index contributed by atoms with van der Waals surface area (Å²) in [4.78, 5) is 8.92. The quantitative estimate of drug-likeness (QED) is 0.776. The van der Waals surface area contributed by atoms with Gasteiger partial charge in [0.05, 0.1) is 5.69 Å². The second-order valence-electron chi connectivity index (χ2n) is 4.73. The molecular weight excluding hydrogens is 295 g/mol. The molecule has 0 bridgehead atoms. The Kier molecular flexibility index (Phi) is 2.90. The SMILES string of the molecule is Cc1cc(F)cc(-c2cc(Br)nc(C3CC3)n2)c1. The summed E-state index contributed by atoms with van der Waals surface area (Å²) in [6.45, 7) is 1.88. The molecule has 0 radical (unpaired) electrons. The van der Waals surface area contributed by atoms with E-state index in [1.54, 1.807) is 0 Å². The second-order valence-corrected chi connectivity index (χ2v) is 5.54. The van der Waals surface area contributed by atoms with Gasteiger partial charge < -0.3 is 0 Å². The van der Waals surface area contributed by atoms with Gasteiger partial charge in [-0.15, -0.1) is 0 Å². The zero-order valence-electron chi connectivity index (χ0n) is 9.95. The van der Waals surface area contributed by atoms with Crippen LogP contribution in [0, 0.1) is 12.7 Å². The lowest BCUT2D eigenvalue weighted by Crippen LogP contribution is -1.96. The lowest BCUT2D eigenvalue weighted by molar-refractivity contribution is 0.627. The minimum atomic E-state index is -0.229. The van der Waals surface area contributed by atoms with Crippen molar-refractivity contribution in [2.75, 3.05) is 0 Å². The van der Waals surface area contributed by atoms with E-state index < -0.39 is 0 Å². The fourth-order valence-corrected chi connectivity index (χ4v) is 2.39. The molecule has 0 atom stereocenters. The van der Waals surface area contributed by atoms with E-state index in [-0.39, 0.29) is 5.82 Å². The molecule has 18 heavy (non-hydrogen) atoms. The first kappa shape index (κ1) is 11.8. The molecule has 0 unspecified atom stereocenters. The molecule has 0 saturated heterocycles. The van der Waals surface area contributed by atoms with E-state index in [0.29, 0.717) is 5.92 Å². The number of aromatic nitrogens is 2. The molecule has 1 fully saturated rings. The summed E-state index contributed by atoms with van der Waals surface area (Å²) in [6.07, 6.45) is 2.30. The molecule has 0 N–H and O–H groups in total. The van der Waals surface area contributed by atoms with Gasteiger partial charge in [-0.05, 0) is 65.5 Å². The lowest BCUT2D eigenvalue weighted by atomic mass is 10.1. The first-order valence-corrected chi connectivity index (χ1v) is 6.73. The minimum Gasteiger partial charge on any atom is -0.233 e. The summed E-state index contributed by atoms with van der Waals surface area (Å²) in [5, 5.41) is 0. The molecule has 0 spiro atoms. The fourth-order valence-electron chi connectivity index (χ4n) is 1.99. The van der Waals surface area contributed by atoms with Gasteiger partial charge in [0.25, 0.3) is 0 Å². The number of benzene rings is 1. The third kappa shape index (κ3) is 2.43. The van der Waals surface area contributed by atoms with Crippen LogP contribution in [0.5, 0.6) is 0 Å². The van der Waals surface area contributed by atoms with Crippen molar-refractivity contribution < 1.29 is 4.39 Å². The average Bonchev–Trinajstić information content (AvgIpc) is 3.10. The average molecular weight is 307 g/mol. The number of hydrogen-bond acceptors (Lipinski definition) is 2. The van der Waals surface area contributed by atoms with Crippen molar-refractivity contribution in [1.29, 1.82) is 0 Å². The monoisotopic (exact) mass is 306 g/mol. The van der Waals surface area contributed by atoms with Gasteiger partial charge in [-0.25, -0.2) is 14.4 Å². The molecule has 0 aliphatic heterocycles. The molecule has 0 amide bonds. The first-order valence-electron chi connectivity index (χ1n) is 5.94. The molecule has 1 heterocycles. The van der Waals surface area contributed by atoms with E-state index >= 15 is 0 Å². The Labute approximate surface area is 113 Å². The Bertz CT molecular complexity index is 588. The summed E-state index contributed by atoms with van der Waals surface area (Å²) in [5.41, 5.74) is 2.48. The summed E-state index contributed by atoms with van der Waals surface area (Å²) in [6, 6.07) is 6.80. The lowest BCUT2D eigenvalue weighted by Gasteiger charge is -2.06. The molecular formula is C14H12BrFN2. The molecule has 92 valence electrons. The van der Waals surface area contributed by atoms with Gasteiger partial charge in [0, 0.05) is 11.5 Å². The zero-order valence-corrected chi connectivity index (χ0v) is 11.5.